The van der Waals surface area contributed by atoms with Crippen LogP contribution in [0.25, 0.3) is 0 Å². The number of nitrogens with one attached hydrogen (secondary N) is 1. The molecule has 0 aromatic heterocycles. The molecule has 2 aromatic rings. The molecule has 1 N–H and O–H groups in total. The van der Waals surface area contributed by atoms with E-state index >= 15 is 0 Å². The van der Waals surface area contributed by atoms with Crippen molar-refractivity contribution in [1.29, 1.82) is 0 Å². The molecule has 0 radical (unpaired) electrons. The molecule has 0 spiro atoms. The van der Waals surface area contributed by atoms with E-state index in [1.165, 1.54) is 24.0 Å². The molecule has 1 atom stereocenters. The molecule has 0 saturated heterocycles. The van der Waals surface area contributed by atoms with E-state index in [0.717, 1.165) is 22.3 Å². The minimum atomic E-state index is 0.364. The Morgan fingerprint density at radius 2 is 2.05 bits per heavy atom. The van der Waals surface area contributed by atoms with Gasteiger partial charge in [-0.2, -0.15) is 0 Å². The van der Waals surface area contributed by atoms with Gasteiger partial charge in [0.2, 0.25) is 0 Å². The van der Waals surface area contributed by atoms with Crippen molar-refractivity contribution in [1.82, 2.24) is 0 Å². The van der Waals surface area contributed by atoms with Crippen molar-refractivity contribution >= 4 is 21.6 Å². The second kappa shape index (κ2) is 5.88. The fourth-order valence-electron chi connectivity index (χ4n) is 2.88. The van der Waals surface area contributed by atoms with Gasteiger partial charge >= 0.3 is 0 Å². The molecule has 3 heteroatoms. The molecule has 20 heavy (non-hydrogen) atoms. The van der Waals surface area contributed by atoms with Crippen LogP contribution in [0.5, 0.6) is 5.75 Å². The fourth-order valence-corrected chi connectivity index (χ4v) is 3.25. The quantitative estimate of drug-likeness (QED) is 0.859. The molecule has 1 aliphatic rings. The van der Waals surface area contributed by atoms with E-state index in [0.29, 0.717) is 6.04 Å². The van der Waals surface area contributed by atoms with Crippen molar-refractivity contribution in [3.8, 4) is 5.75 Å². The first-order valence-corrected chi connectivity index (χ1v) is 7.75. The zero-order chi connectivity index (χ0) is 13.9. The van der Waals surface area contributed by atoms with Gasteiger partial charge in [0.25, 0.3) is 0 Å². The molecule has 0 saturated carbocycles. The molecule has 0 heterocycles. The summed E-state index contributed by atoms with van der Waals surface area (Å²) < 4.78 is 6.51. The Labute approximate surface area is 128 Å². The SMILES string of the molecule is COc1ccc(Br)cc1NC1CCCc2ccccc21. The average molecular weight is 332 g/mol. The van der Waals surface area contributed by atoms with Crippen LogP contribution in [0.4, 0.5) is 5.69 Å². The van der Waals surface area contributed by atoms with Crippen LogP contribution in [-0.4, -0.2) is 7.11 Å². The Bertz CT molecular complexity index is 612. The van der Waals surface area contributed by atoms with Crippen LogP contribution in [0.15, 0.2) is 46.9 Å². The van der Waals surface area contributed by atoms with E-state index in [4.69, 9.17) is 4.74 Å². The molecule has 0 bridgehead atoms. The molecule has 104 valence electrons. The molecular formula is C17H18BrNO. The number of ether oxygens (including phenoxy) is 1. The van der Waals surface area contributed by atoms with E-state index in [1.807, 2.05) is 12.1 Å². The van der Waals surface area contributed by atoms with Crippen molar-refractivity contribution < 1.29 is 4.74 Å². The van der Waals surface area contributed by atoms with Gasteiger partial charge in [-0.1, -0.05) is 40.2 Å². The summed E-state index contributed by atoms with van der Waals surface area (Å²) in [6.07, 6.45) is 3.57. The summed E-state index contributed by atoms with van der Waals surface area (Å²) >= 11 is 3.53. The number of methoxy groups -OCH3 is 1. The third-order valence-corrected chi connectivity index (χ3v) is 4.35. The number of halogens is 1. The monoisotopic (exact) mass is 331 g/mol. The Morgan fingerprint density at radius 1 is 1.20 bits per heavy atom. The van der Waals surface area contributed by atoms with Crippen LogP contribution in [0.1, 0.15) is 30.0 Å². The summed E-state index contributed by atoms with van der Waals surface area (Å²) in [4.78, 5) is 0. The first-order valence-electron chi connectivity index (χ1n) is 6.96. The Kier molecular flexibility index (Phi) is 3.97. The van der Waals surface area contributed by atoms with Gasteiger partial charge < -0.3 is 10.1 Å². The summed E-state index contributed by atoms with van der Waals surface area (Å²) in [7, 11) is 1.71. The van der Waals surface area contributed by atoms with Gasteiger partial charge in [0.05, 0.1) is 18.8 Å². The van der Waals surface area contributed by atoms with Gasteiger partial charge in [-0.25, -0.2) is 0 Å². The second-order valence-electron chi connectivity index (χ2n) is 5.13. The lowest BCUT2D eigenvalue weighted by molar-refractivity contribution is 0.415. The van der Waals surface area contributed by atoms with Gasteiger partial charge in [0, 0.05) is 4.47 Å². The van der Waals surface area contributed by atoms with Gasteiger partial charge in [-0.05, 0) is 48.6 Å². The molecule has 3 rings (SSSR count). The lowest BCUT2D eigenvalue weighted by Crippen LogP contribution is -2.17. The van der Waals surface area contributed by atoms with Gasteiger partial charge in [-0.15, -0.1) is 0 Å². The van der Waals surface area contributed by atoms with Crippen molar-refractivity contribution in [2.45, 2.75) is 25.3 Å². The van der Waals surface area contributed by atoms with Crippen LogP contribution in [-0.2, 0) is 6.42 Å². The molecule has 1 unspecified atom stereocenters. The molecule has 0 fully saturated rings. The maximum Gasteiger partial charge on any atom is 0.142 e. The molecule has 0 amide bonds. The van der Waals surface area contributed by atoms with Crippen LogP contribution in [0.2, 0.25) is 0 Å². The third kappa shape index (κ3) is 2.68. The Morgan fingerprint density at radius 3 is 2.90 bits per heavy atom. The zero-order valence-electron chi connectivity index (χ0n) is 11.5. The fraction of sp³-hybridized carbons (Fsp3) is 0.294. The lowest BCUT2D eigenvalue weighted by Gasteiger charge is -2.28. The first-order chi connectivity index (χ1) is 9.78. The number of aryl methyl sites for hydroxylation is 1. The standard InChI is InChI=1S/C17H18BrNO/c1-20-17-10-9-13(18)11-16(17)19-15-8-4-6-12-5-2-3-7-14(12)15/h2-3,5,7,9-11,15,19H,4,6,8H2,1H3. The second-order valence-corrected chi connectivity index (χ2v) is 6.05. The van der Waals surface area contributed by atoms with Gasteiger partial charge in [-0.3, -0.25) is 0 Å². The minimum Gasteiger partial charge on any atom is -0.495 e. The maximum atomic E-state index is 5.45. The van der Waals surface area contributed by atoms with Crippen molar-refractivity contribution in [2.75, 3.05) is 12.4 Å². The van der Waals surface area contributed by atoms with Crippen molar-refractivity contribution in [2.24, 2.45) is 0 Å². The summed E-state index contributed by atoms with van der Waals surface area (Å²) in [5, 5.41) is 3.64. The van der Waals surface area contributed by atoms with E-state index < -0.39 is 0 Å². The van der Waals surface area contributed by atoms with E-state index in [-0.39, 0.29) is 0 Å². The third-order valence-electron chi connectivity index (χ3n) is 3.86. The molecule has 2 nitrogen and oxygen atoms in total. The number of fused-ring (bicyclic) bond motifs is 1. The summed E-state index contributed by atoms with van der Waals surface area (Å²) in [5.74, 6) is 0.885. The largest absolute Gasteiger partial charge is 0.495 e. The van der Waals surface area contributed by atoms with Crippen LogP contribution in [0.3, 0.4) is 0 Å². The highest BCUT2D eigenvalue weighted by Crippen LogP contribution is 2.36. The maximum absolute atomic E-state index is 5.45. The van der Waals surface area contributed by atoms with Crippen LogP contribution in [0, 0.1) is 0 Å². The number of hydrogen-bond donors (Lipinski definition) is 1. The molecule has 1 aliphatic carbocycles. The molecule has 0 aliphatic heterocycles. The van der Waals surface area contributed by atoms with E-state index in [1.54, 1.807) is 7.11 Å². The Hall–Kier alpha value is -1.48. The van der Waals surface area contributed by atoms with Crippen LogP contribution >= 0.6 is 15.9 Å². The van der Waals surface area contributed by atoms with Crippen molar-refractivity contribution in [3.63, 3.8) is 0 Å². The van der Waals surface area contributed by atoms with Crippen molar-refractivity contribution in [3.05, 3.63) is 58.1 Å². The summed E-state index contributed by atoms with van der Waals surface area (Å²) in [6, 6.07) is 15.1. The number of hydrogen-bond acceptors (Lipinski definition) is 2. The minimum absolute atomic E-state index is 0.364. The predicted molar refractivity (Wildman–Crippen MR) is 86.4 cm³/mol. The molecule has 2 aromatic carbocycles. The smallest absolute Gasteiger partial charge is 0.142 e. The summed E-state index contributed by atoms with van der Waals surface area (Å²) in [5.41, 5.74) is 3.93. The number of rotatable bonds is 3. The lowest BCUT2D eigenvalue weighted by atomic mass is 9.87. The highest BCUT2D eigenvalue weighted by Gasteiger charge is 2.20. The van der Waals surface area contributed by atoms with Crippen LogP contribution < -0.4 is 10.1 Å². The van der Waals surface area contributed by atoms with Gasteiger partial charge in [0.1, 0.15) is 5.75 Å². The average Bonchev–Trinajstić information content (AvgIpc) is 2.48. The normalized spacial score (nSPS) is 17.4. The van der Waals surface area contributed by atoms with E-state index in [2.05, 4.69) is 51.6 Å². The summed E-state index contributed by atoms with van der Waals surface area (Å²) in [6.45, 7) is 0. The number of anilines is 1. The van der Waals surface area contributed by atoms with E-state index in [9.17, 15) is 0 Å². The molecular weight excluding hydrogens is 314 g/mol. The first kappa shape index (κ1) is 13.5. The number of benzene rings is 2. The highest BCUT2D eigenvalue weighted by molar-refractivity contribution is 9.10. The topological polar surface area (TPSA) is 21.3 Å². The zero-order valence-corrected chi connectivity index (χ0v) is 13.1. The Balaban J connectivity index is 1.91. The predicted octanol–water partition coefficient (Wildman–Crippen LogP) is 4.95. The van der Waals surface area contributed by atoms with Gasteiger partial charge in [0.15, 0.2) is 0 Å². The highest BCUT2D eigenvalue weighted by atomic mass is 79.9.